The summed E-state index contributed by atoms with van der Waals surface area (Å²) in [5, 5.41) is 20.6. The molecular formula is C11H12ClNO4. The van der Waals surface area contributed by atoms with Crippen molar-refractivity contribution in [3.05, 3.63) is 28.8 Å². The lowest BCUT2D eigenvalue weighted by molar-refractivity contribution is -0.141. The third-order valence-electron chi connectivity index (χ3n) is 2.13. The number of halogens is 1. The molecular weight excluding hydrogens is 246 g/mol. The first-order valence-electron chi connectivity index (χ1n) is 4.87. The Bertz CT molecular complexity index is 447. The fourth-order valence-electron chi connectivity index (χ4n) is 1.36. The molecule has 1 atom stereocenters. The topological polar surface area (TPSA) is 86.6 Å². The van der Waals surface area contributed by atoms with Gasteiger partial charge in [0.1, 0.15) is 11.8 Å². The minimum atomic E-state index is -1.12. The van der Waals surface area contributed by atoms with Crippen LogP contribution in [0.5, 0.6) is 5.75 Å². The number of carbonyl (C=O) groups excluding carboxylic acids is 1. The van der Waals surface area contributed by atoms with Crippen molar-refractivity contribution >= 4 is 23.5 Å². The summed E-state index contributed by atoms with van der Waals surface area (Å²) in [5.74, 6) is -1.60. The largest absolute Gasteiger partial charge is 0.506 e. The summed E-state index contributed by atoms with van der Waals surface area (Å²) in [4.78, 5) is 21.7. The number of carboxylic acid groups (broad SMARTS) is 1. The van der Waals surface area contributed by atoms with E-state index in [0.29, 0.717) is 5.56 Å². The Kier molecular flexibility index (Phi) is 4.34. The summed E-state index contributed by atoms with van der Waals surface area (Å²) < 4.78 is 0. The summed E-state index contributed by atoms with van der Waals surface area (Å²) >= 11 is 5.70. The quantitative estimate of drug-likeness (QED) is 0.756. The van der Waals surface area contributed by atoms with Gasteiger partial charge in [0.2, 0.25) is 5.91 Å². The number of aliphatic carboxylic acids is 1. The Morgan fingerprint density at radius 1 is 1.47 bits per heavy atom. The summed E-state index contributed by atoms with van der Waals surface area (Å²) in [6, 6.07) is 3.39. The van der Waals surface area contributed by atoms with Crippen LogP contribution >= 0.6 is 11.6 Å². The second kappa shape index (κ2) is 5.54. The van der Waals surface area contributed by atoms with Gasteiger partial charge >= 0.3 is 5.97 Å². The van der Waals surface area contributed by atoms with Crippen molar-refractivity contribution in [1.82, 2.24) is 5.32 Å². The van der Waals surface area contributed by atoms with Gasteiger partial charge in [0.05, 0.1) is 5.02 Å². The Morgan fingerprint density at radius 2 is 2.12 bits per heavy atom. The lowest BCUT2D eigenvalue weighted by Crippen LogP contribution is -2.41. The second-order valence-corrected chi connectivity index (χ2v) is 3.99. The number of hydrogen-bond donors (Lipinski definition) is 3. The normalized spacial score (nSPS) is 11.9. The molecule has 0 bridgehead atoms. The minimum Gasteiger partial charge on any atom is -0.506 e. The van der Waals surface area contributed by atoms with Crippen LogP contribution in [0.25, 0.3) is 0 Å². The van der Waals surface area contributed by atoms with Gasteiger partial charge in [-0.25, -0.2) is 4.79 Å². The molecule has 0 aliphatic heterocycles. The highest BCUT2D eigenvalue weighted by Crippen LogP contribution is 2.24. The van der Waals surface area contributed by atoms with Crippen LogP contribution in [0.3, 0.4) is 0 Å². The molecule has 0 aliphatic carbocycles. The highest BCUT2D eigenvalue weighted by atomic mass is 35.5. The van der Waals surface area contributed by atoms with Crippen molar-refractivity contribution in [2.75, 3.05) is 0 Å². The maximum atomic E-state index is 10.9. The first kappa shape index (κ1) is 13.3. The highest BCUT2D eigenvalue weighted by Gasteiger charge is 2.19. The van der Waals surface area contributed by atoms with Crippen molar-refractivity contribution in [3.63, 3.8) is 0 Å². The first-order chi connectivity index (χ1) is 7.90. The van der Waals surface area contributed by atoms with E-state index in [0.717, 1.165) is 0 Å². The summed E-state index contributed by atoms with van der Waals surface area (Å²) in [6.45, 7) is 1.25. The number of carbonyl (C=O) groups is 2. The van der Waals surface area contributed by atoms with Gasteiger partial charge in [0.15, 0.2) is 0 Å². The molecule has 0 saturated carbocycles. The number of phenols is 1. The number of hydrogen-bond acceptors (Lipinski definition) is 3. The third-order valence-corrected chi connectivity index (χ3v) is 2.43. The molecule has 3 N–H and O–H groups in total. The van der Waals surface area contributed by atoms with Crippen LogP contribution < -0.4 is 5.32 Å². The van der Waals surface area contributed by atoms with Crippen molar-refractivity contribution < 1.29 is 19.8 Å². The van der Waals surface area contributed by atoms with E-state index in [4.69, 9.17) is 16.7 Å². The van der Waals surface area contributed by atoms with Crippen LogP contribution in [0.15, 0.2) is 18.2 Å². The second-order valence-electron chi connectivity index (χ2n) is 3.58. The Morgan fingerprint density at radius 3 is 2.59 bits per heavy atom. The Labute approximate surface area is 103 Å². The molecule has 5 nitrogen and oxygen atoms in total. The van der Waals surface area contributed by atoms with Crippen molar-refractivity contribution in [2.24, 2.45) is 0 Å². The summed E-state index contributed by atoms with van der Waals surface area (Å²) in [6.07, 6.45) is 0.106. The molecule has 1 aromatic carbocycles. The molecule has 1 rings (SSSR count). The van der Waals surface area contributed by atoms with E-state index in [1.165, 1.54) is 19.1 Å². The van der Waals surface area contributed by atoms with Gasteiger partial charge in [-0.3, -0.25) is 4.79 Å². The maximum absolute atomic E-state index is 10.9. The van der Waals surface area contributed by atoms with E-state index in [9.17, 15) is 14.7 Å². The van der Waals surface area contributed by atoms with Gasteiger partial charge in [-0.15, -0.1) is 0 Å². The predicted molar refractivity (Wildman–Crippen MR) is 62.1 cm³/mol. The number of aromatic hydroxyl groups is 1. The number of benzene rings is 1. The van der Waals surface area contributed by atoms with Crippen LogP contribution in [0.2, 0.25) is 5.02 Å². The van der Waals surface area contributed by atoms with Crippen molar-refractivity contribution in [1.29, 1.82) is 0 Å². The number of nitrogens with one attached hydrogen (secondary N) is 1. The Hall–Kier alpha value is -1.75. The van der Waals surface area contributed by atoms with Crippen molar-refractivity contribution in [3.8, 4) is 5.75 Å². The molecule has 92 valence electrons. The fraction of sp³-hybridized carbons (Fsp3) is 0.273. The molecule has 0 aromatic heterocycles. The van der Waals surface area contributed by atoms with Crippen LogP contribution in [0.4, 0.5) is 0 Å². The van der Waals surface area contributed by atoms with E-state index < -0.39 is 17.9 Å². The van der Waals surface area contributed by atoms with E-state index in [1.54, 1.807) is 6.07 Å². The first-order valence-corrected chi connectivity index (χ1v) is 5.25. The van der Waals surface area contributed by atoms with Gasteiger partial charge in [-0.1, -0.05) is 17.7 Å². The zero-order valence-electron chi connectivity index (χ0n) is 9.11. The van der Waals surface area contributed by atoms with E-state index in [2.05, 4.69) is 5.32 Å². The minimum absolute atomic E-state index is 0.0678. The van der Waals surface area contributed by atoms with Crippen LogP contribution in [0.1, 0.15) is 12.5 Å². The molecule has 0 aliphatic rings. The molecule has 0 spiro atoms. The van der Waals surface area contributed by atoms with Crippen LogP contribution in [0, 0.1) is 0 Å². The smallest absolute Gasteiger partial charge is 0.326 e. The molecule has 1 aromatic rings. The zero-order chi connectivity index (χ0) is 13.0. The number of carboxylic acids is 1. The molecule has 0 heterocycles. The molecule has 1 amide bonds. The molecule has 0 radical (unpaired) electrons. The number of amides is 1. The monoisotopic (exact) mass is 257 g/mol. The standard InChI is InChI=1S/C11H12ClNO4/c1-6(14)13-9(11(16)17)5-7-2-3-10(15)8(12)4-7/h2-4,9,15H,5H2,1H3,(H,13,14)(H,16,17). The van der Waals surface area contributed by atoms with Crippen LogP contribution in [-0.4, -0.2) is 28.1 Å². The van der Waals surface area contributed by atoms with Gasteiger partial charge in [0.25, 0.3) is 0 Å². The number of phenolic OH excluding ortho intramolecular Hbond substituents is 1. The van der Waals surface area contributed by atoms with E-state index in [1.807, 2.05) is 0 Å². The highest BCUT2D eigenvalue weighted by molar-refractivity contribution is 6.32. The summed E-state index contributed by atoms with van der Waals surface area (Å²) in [5.41, 5.74) is 0.619. The third kappa shape index (κ3) is 3.96. The van der Waals surface area contributed by atoms with Crippen LogP contribution in [-0.2, 0) is 16.0 Å². The lowest BCUT2D eigenvalue weighted by atomic mass is 10.1. The van der Waals surface area contributed by atoms with Gasteiger partial charge in [-0.2, -0.15) is 0 Å². The van der Waals surface area contributed by atoms with E-state index >= 15 is 0 Å². The molecule has 17 heavy (non-hydrogen) atoms. The SMILES string of the molecule is CC(=O)NC(Cc1ccc(O)c(Cl)c1)C(=O)O. The zero-order valence-corrected chi connectivity index (χ0v) is 9.86. The lowest BCUT2D eigenvalue weighted by Gasteiger charge is -2.13. The summed E-state index contributed by atoms with van der Waals surface area (Å²) in [7, 11) is 0. The molecule has 0 saturated heterocycles. The maximum Gasteiger partial charge on any atom is 0.326 e. The molecule has 0 fully saturated rings. The van der Waals surface area contributed by atoms with Crippen molar-refractivity contribution in [2.45, 2.75) is 19.4 Å². The molecule has 1 unspecified atom stereocenters. The van der Waals surface area contributed by atoms with E-state index in [-0.39, 0.29) is 17.2 Å². The van der Waals surface area contributed by atoms with Gasteiger partial charge < -0.3 is 15.5 Å². The van der Waals surface area contributed by atoms with Gasteiger partial charge in [0, 0.05) is 13.3 Å². The number of rotatable bonds is 4. The predicted octanol–water partition coefficient (Wildman–Crippen LogP) is 1.18. The average Bonchev–Trinajstić information content (AvgIpc) is 2.21. The average molecular weight is 258 g/mol. The Balaban J connectivity index is 2.82. The fourth-order valence-corrected chi connectivity index (χ4v) is 1.56. The molecule has 6 heteroatoms. The van der Waals surface area contributed by atoms with Gasteiger partial charge in [-0.05, 0) is 17.7 Å².